The second kappa shape index (κ2) is 5.21. The molecule has 1 atom stereocenters. The van der Waals surface area contributed by atoms with Crippen LogP contribution in [0.3, 0.4) is 0 Å². The highest BCUT2D eigenvalue weighted by Gasteiger charge is 2.15. The van der Waals surface area contributed by atoms with Gasteiger partial charge in [0.2, 0.25) is 0 Å². The van der Waals surface area contributed by atoms with E-state index in [0.29, 0.717) is 0 Å². The number of aliphatic hydroxyl groups is 1. The molecule has 2 nitrogen and oxygen atoms in total. The summed E-state index contributed by atoms with van der Waals surface area (Å²) in [4.78, 5) is 0. The number of hydrogen-bond donors (Lipinski definition) is 1. The Morgan fingerprint density at radius 3 is 2.71 bits per heavy atom. The third-order valence-corrected chi connectivity index (χ3v) is 4.44. The molecule has 0 aliphatic rings. The molecule has 90 valence electrons. The predicted molar refractivity (Wildman–Crippen MR) is 73.8 cm³/mol. The first-order chi connectivity index (χ1) is 8.13. The van der Waals surface area contributed by atoms with Crippen molar-refractivity contribution in [2.24, 2.45) is 0 Å². The van der Waals surface area contributed by atoms with Crippen LogP contribution in [-0.2, 0) is 0 Å². The van der Waals surface area contributed by atoms with Crippen LogP contribution in [0, 0.1) is 6.92 Å². The largest absolute Gasteiger partial charge is 0.496 e. The summed E-state index contributed by atoms with van der Waals surface area (Å²) in [6.45, 7) is 1.98. The van der Waals surface area contributed by atoms with Crippen molar-refractivity contribution in [1.82, 2.24) is 0 Å². The number of halogens is 1. The summed E-state index contributed by atoms with van der Waals surface area (Å²) in [5.74, 6) is 0.799. The zero-order chi connectivity index (χ0) is 12.4. The van der Waals surface area contributed by atoms with Crippen molar-refractivity contribution in [1.29, 1.82) is 0 Å². The van der Waals surface area contributed by atoms with Gasteiger partial charge in [0, 0.05) is 15.4 Å². The fourth-order valence-electron chi connectivity index (χ4n) is 1.67. The van der Waals surface area contributed by atoms with Crippen LogP contribution in [0.1, 0.15) is 22.8 Å². The predicted octanol–water partition coefficient (Wildman–Crippen LogP) is 3.91. The van der Waals surface area contributed by atoms with Gasteiger partial charge < -0.3 is 9.84 Å². The molecule has 0 aliphatic carbocycles. The molecule has 0 saturated carbocycles. The molecule has 0 aliphatic heterocycles. The Bertz CT molecular complexity index is 522. The van der Waals surface area contributed by atoms with E-state index in [2.05, 4.69) is 15.9 Å². The fraction of sp³-hybridized carbons (Fsp3) is 0.231. The number of aryl methyl sites for hydroxylation is 1. The minimum atomic E-state index is -0.620. The van der Waals surface area contributed by atoms with Crippen LogP contribution in [0.2, 0.25) is 0 Å². The molecule has 1 N–H and O–H groups in total. The van der Waals surface area contributed by atoms with Crippen LogP contribution >= 0.6 is 27.3 Å². The minimum absolute atomic E-state index is 0.620. The molecule has 1 unspecified atom stereocenters. The first-order valence-corrected chi connectivity index (χ1v) is 6.91. The lowest BCUT2D eigenvalue weighted by Crippen LogP contribution is -2.00. The van der Waals surface area contributed by atoms with Gasteiger partial charge in [-0.1, -0.05) is 12.1 Å². The molecule has 17 heavy (non-hydrogen) atoms. The molecular weight excluding hydrogens is 300 g/mol. The van der Waals surface area contributed by atoms with Crippen LogP contribution in [-0.4, -0.2) is 12.2 Å². The lowest BCUT2D eigenvalue weighted by molar-refractivity contribution is 0.219. The quantitative estimate of drug-likeness (QED) is 0.931. The Labute approximate surface area is 113 Å². The lowest BCUT2D eigenvalue weighted by atomic mass is 10.0. The molecule has 0 fully saturated rings. The van der Waals surface area contributed by atoms with E-state index in [1.54, 1.807) is 18.4 Å². The van der Waals surface area contributed by atoms with E-state index in [4.69, 9.17) is 4.74 Å². The Morgan fingerprint density at radius 1 is 1.35 bits per heavy atom. The van der Waals surface area contributed by atoms with Crippen molar-refractivity contribution < 1.29 is 9.84 Å². The van der Waals surface area contributed by atoms with Gasteiger partial charge in [0.1, 0.15) is 11.9 Å². The average Bonchev–Trinajstić information content (AvgIpc) is 2.75. The van der Waals surface area contributed by atoms with Gasteiger partial charge in [-0.05, 0) is 45.4 Å². The molecule has 1 aromatic carbocycles. The van der Waals surface area contributed by atoms with Gasteiger partial charge in [-0.25, -0.2) is 0 Å². The highest BCUT2D eigenvalue weighted by Crippen LogP contribution is 2.33. The standard InChI is InChI=1S/C13H13BrO2S/c1-8-3-4-9(5-12(8)16-2)13(15)10-6-17-7-11(10)14/h3-7,13,15H,1-2H3. The number of methoxy groups -OCH3 is 1. The zero-order valence-electron chi connectivity index (χ0n) is 9.61. The Morgan fingerprint density at radius 2 is 2.12 bits per heavy atom. The second-order valence-corrected chi connectivity index (χ2v) is 5.40. The third-order valence-electron chi connectivity index (χ3n) is 2.68. The molecular formula is C13H13BrO2S. The maximum Gasteiger partial charge on any atom is 0.122 e. The van der Waals surface area contributed by atoms with Crippen molar-refractivity contribution in [2.45, 2.75) is 13.0 Å². The van der Waals surface area contributed by atoms with Gasteiger partial charge in [0.15, 0.2) is 0 Å². The SMILES string of the molecule is COc1cc(C(O)c2cscc2Br)ccc1C. The summed E-state index contributed by atoms with van der Waals surface area (Å²) >= 11 is 5.00. The zero-order valence-corrected chi connectivity index (χ0v) is 12.0. The monoisotopic (exact) mass is 312 g/mol. The third kappa shape index (κ3) is 2.54. The summed E-state index contributed by atoms with van der Waals surface area (Å²) in [6.07, 6.45) is -0.620. The van der Waals surface area contributed by atoms with Gasteiger partial charge in [-0.15, -0.1) is 0 Å². The van der Waals surface area contributed by atoms with Crippen LogP contribution in [0.4, 0.5) is 0 Å². The van der Waals surface area contributed by atoms with Gasteiger partial charge in [0.05, 0.1) is 7.11 Å². The average molecular weight is 313 g/mol. The molecule has 1 heterocycles. The summed E-state index contributed by atoms with van der Waals surface area (Å²) in [5.41, 5.74) is 2.79. The van der Waals surface area contributed by atoms with E-state index in [9.17, 15) is 5.11 Å². The van der Waals surface area contributed by atoms with Crippen LogP contribution < -0.4 is 4.74 Å². The maximum atomic E-state index is 10.3. The number of thiophene rings is 1. The molecule has 4 heteroatoms. The number of ether oxygens (including phenoxy) is 1. The number of rotatable bonds is 3. The van der Waals surface area contributed by atoms with Crippen LogP contribution in [0.5, 0.6) is 5.75 Å². The summed E-state index contributed by atoms with van der Waals surface area (Å²) in [5, 5.41) is 14.2. The van der Waals surface area contributed by atoms with E-state index in [-0.39, 0.29) is 0 Å². The minimum Gasteiger partial charge on any atom is -0.496 e. The molecule has 0 bridgehead atoms. The molecule has 2 rings (SSSR count). The van der Waals surface area contributed by atoms with Crippen molar-refractivity contribution in [3.05, 3.63) is 50.1 Å². The van der Waals surface area contributed by atoms with Gasteiger partial charge in [0.25, 0.3) is 0 Å². The molecule has 0 radical (unpaired) electrons. The number of hydrogen-bond acceptors (Lipinski definition) is 3. The van der Waals surface area contributed by atoms with Crippen LogP contribution in [0.15, 0.2) is 33.4 Å². The summed E-state index contributed by atoms with van der Waals surface area (Å²) in [7, 11) is 1.64. The van der Waals surface area contributed by atoms with Gasteiger partial charge in [-0.2, -0.15) is 11.3 Å². The molecule has 0 amide bonds. The van der Waals surface area contributed by atoms with Crippen molar-refractivity contribution in [2.75, 3.05) is 7.11 Å². The summed E-state index contributed by atoms with van der Waals surface area (Å²) < 4.78 is 6.20. The number of aliphatic hydroxyl groups excluding tert-OH is 1. The Balaban J connectivity index is 2.38. The van der Waals surface area contributed by atoms with Crippen molar-refractivity contribution >= 4 is 27.3 Å². The maximum absolute atomic E-state index is 10.3. The topological polar surface area (TPSA) is 29.5 Å². The normalized spacial score (nSPS) is 12.5. The van der Waals surface area contributed by atoms with Crippen LogP contribution in [0.25, 0.3) is 0 Å². The Hall–Kier alpha value is -0.840. The Kier molecular flexibility index (Phi) is 3.86. The highest BCUT2D eigenvalue weighted by molar-refractivity contribution is 9.10. The van der Waals surface area contributed by atoms with E-state index in [1.165, 1.54) is 0 Å². The fourth-order valence-corrected chi connectivity index (χ4v) is 3.21. The first kappa shape index (κ1) is 12.6. The van der Waals surface area contributed by atoms with Crippen molar-refractivity contribution in [3.63, 3.8) is 0 Å². The van der Waals surface area contributed by atoms with E-state index in [1.807, 2.05) is 35.9 Å². The number of benzene rings is 1. The van der Waals surface area contributed by atoms with Crippen molar-refractivity contribution in [3.8, 4) is 5.75 Å². The van der Waals surface area contributed by atoms with E-state index in [0.717, 1.165) is 26.9 Å². The second-order valence-electron chi connectivity index (χ2n) is 3.81. The van der Waals surface area contributed by atoms with E-state index < -0.39 is 6.10 Å². The smallest absolute Gasteiger partial charge is 0.122 e. The van der Waals surface area contributed by atoms with E-state index >= 15 is 0 Å². The lowest BCUT2D eigenvalue weighted by Gasteiger charge is -2.13. The first-order valence-electron chi connectivity index (χ1n) is 5.17. The summed E-state index contributed by atoms with van der Waals surface area (Å²) in [6, 6.07) is 5.76. The molecule has 0 spiro atoms. The molecule has 0 saturated heterocycles. The van der Waals surface area contributed by atoms with Gasteiger partial charge >= 0.3 is 0 Å². The molecule has 2 aromatic rings. The van der Waals surface area contributed by atoms with Gasteiger partial charge in [-0.3, -0.25) is 0 Å². The highest BCUT2D eigenvalue weighted by atomic mass is 79.9. The molecule has 1 aromatic heterocycles.